The normalized spacial score (nSPS) is 13.2. The van der Waals surface area contributed by atoms with E-state index in [1.54, 1.807) is 0 Å². The number of hydrogen-bond acceptors (Lipinski definition) is 3. The van der Waals surface area contributed by atoms with Gasteiger partial charge in [0.25, 0.3) is 0 Å². The lowest BCUT2D eigenvalue weighted by atomic mass is 10.3. The van der Waals surface area contributed by atoms with Crippen molar-refractivity contribution in [1.29, 1.82) is 0 Å². The van der Waals surface area contributed by atoms with E-state index >= 15 is 0 Å². The second-order valence-electron chi connectivity index (χ2n) is 3.08. The van der Waals surface area contributed by atoms with Crippen LogP contribution in [0, 0.1) is 0 Å². The SMILES string of the molecule is CCCOCCCC(O)OCCC. The molecule has 0 amide bonds. The molecule has 1 N–H and O–H groups in total. The van der Waals surface area contributed by atoms with Crippen LogP contribution in [0.15, 0.2) is 0 Å². The van der Waals surface area contributed by atoms with Gasteiger partial charge < -0.3 is 14.6 Å². The van der Waals surface area contributed by atoms with E-state index in [-0.39, 0.29) is 0 Å². The summed E-state index contributed by atoms with van der Waals surface area (Å²) < 4.78 is 10.4. The number of rotatable bonds is 9. The molecule has 80 valence electrons. The minimum absolute atomic E-state index is 0.606. The first-order valence-corrected chi connectivity index (χ1v) is 5.18. The summed E-state index contributed by atoms with van der Waals surface area (Å²) in [6.45, 7) is 6.28. The Kier molecular flexibility index (Phi) is 9.87. The molecule has 0 bridgehead atoms. The quantitative estimate of drug-likeness (QED) is 0.446. The highest BCUT2D eigenvalue weighted by molar-refractivity contribution is 4.43. The Morgan fingerprint density at radius 1 is 1.08 bits per heavy atom. The van der Waals surface area contributed by atoms with Crippen molar-refractivity contribution in [2.75, 3.05) is 19.8 Å². The summed E-state index contributed by atoms with van der Waals surface area (Å²) in [6.07, 6.45) is 2.93. The molecule has 0 spiro atoms. The molecule has 1 unspecified atom stereocenters. The van der Waals surface area contributed by atoms with Gasteiger partial charge in [0.05, 0.1) is 0 Å². The molecule has 0 saturated carbocycles. The van der Waals surface area contributed by atoms with Crippen LogP contribution < -0.4 is 0 Å². The second kappa shape index (κ2) is 9.96. The highest BCUT2D eigenvalue weighted by atomic mass is 16.6. The monoisotopic (exact) mass is 190 g/mol. The zero-order chi connectivity index (χ0) is 9.94. The molecule has 0 aromatic carbocycles. The van der Waals surface area contributed by atoms with Crippen LogP contribution in [-0.4, -0.2) is 31.2 Å². The Morgan fingerprint density at radius 2 is 1.77 bits per heavy atom. The first kappa shape index (κ1) is 12.9. The largest absolute Gasteiger partial charge is 0.381 e. The van der Waals surface area contributed by atoms with Crippen LogP contribution in [0.3, 0.4) is 0 Å². The first-order valence-electron chi connectivity index (χ1n) is 5.18. The fraction of sp³-hybridized carbons (Fsp3) is 1.00. The summed E-state index contributed by atoms with van der Waals surface area (Å²) in [5.74, 6) is 0. The van der Waals surface area contributed by atoms with E-state index in [9.17, 15) is 5.11 Å². The van der Waals surface area contributed by atoms with E-state index in [1.807, 2.05) is 6.92 Å². The maximum atomic E-state index is 9.26. The standard InChI is InChI=1S/C10H22O3/c1-3-7-12-9-5-6-10(11)13-8-4-2/h10-11H,3-9H2,1-2H3. The molecule has 0 heterocycles. The molecule has 13 heavy (non-hydrogen) atoms. The van der Waals surface area contributed by atoms with Crippen molar-refractivity contribution >= 4 is 0 Å². The lowest BCUT2D eigenvalue weighted by Gasteiger charge is -2.10. The Hall–Kier alpha value is -0.120. The van der Waals surface area contributed by atoms with Crippen LogP contribution in [0.1, 0.15) is 39.5 Å². The van der Waals surface area contributed by atoms with Crippen molar-refractivity contribution in [2.24, 2.45) is 0 Å². The fourth-order valence-electron chi connectivity index (χ4n) is 0.944. The van der Waals surface area contributed by atoms with Crippen LogP contribution >= 0.6 is 0 Å². The molecule has 1 atom stereocenters. The lowest BCUT2D eigenvalue weighted by Crippen LogP contribution is -2.13. The zero-order valence-corrected chi connectivity index (χ0v) is 8.79. The third-order valence-electron chi connectivity index (χ3n) is 1.60. The van der Waals surface area contributed by atoms with Crippen molar-refractivity contribution in [3.8, 4) is 0 Å². The molecule has 3 heteroatoms. The van der Waals surface area contributed by atoms with Crippen LogP contribution in [0.5, 0.6) is 0 Å². The Balaban J connectivity index is 3.03. The molecule has 0 rings (SSSR count). The summed E-state index contributed by atoms with van der Waals surface area (Å²) in [4.78, 5) is 0. The molecular weight excluding hydrogens is 168 g/mol. The van der Waals surface area contributed by atoms with Gasteiger partial charge in [-0.25, -0.2) is 0 Å². The van der Waals surface area contributed by atoms with Crippen LogP contribution in [0.4, 0.5) is 0 Å². The van der Waals surface area contributed by atoms with Crippen LogP contribution in [0.2, 0.25) is 0 Å². The summed E-state index contributed by atoms with van der Waals surface area (Å²) in [5, 5.41) is 9.26. The van der Waals surface area contributed by atoms with Crippen LogP contribution in [-0.2, 0) is 9.47 Å². The van der Waals surface area contributed by atoms with E-state index in [2.05, 4.69) is 6.92 Å². The summed E-state index contributed by atoms with van der Waals surface area (Å²) >= 11 is 0. The van der Waals surface area contributed by atoms with Gasteiger partial charge in [-0.1, -0.05) is 13.8 Å². The average molecular weight is 190 g/mol. The lowest BCUT2D eigenvalue weighted by molar-refractivity contribution is -0.106. The third kappa shape index (κ3) is 9.80. The van der Waals surface area contributed by atoms with Crippen molar-refractivity contribution < 1.29 is 14.6 Å². The van der Waals surface area contributed by atoms with Gasteiger partial charge >= 0.3 is 0 Å². The van der Waals surface area contributed by atoms with Crippen molar-refractivity contribution in [1.82, 2.24) is 0 Å². The number of aliphatic hydroxyl groups is 1. The smallest absolute Gasteiger partial charge is 0.154 e. The molecule has 0 aromatic heterocycles. The summed E-state index contributed by atoms with van der Waals surface area (Å²) in [5.41, 5.74) is 0. The Bertz CT molecular complexity index is 96.2. The maximum absolute atomic E-state index is 9.26. The fourth-order valence-corrected chi connectivity index (χ4v) is 0.944. The summed E-state index contributed by atoms with van der Waals surface area (Å²) in [6, 6.07) is 0. The minimum Gasteiger partial charge on any atom is -0.381 e. The van der Waals surface area contributed by atoms with E-state index in [0.29, 0.717) is 13.0 Å². The molecule has 0 aliphatic carbocycles. The molecule has 0 aliphatic rings. The second-order valence-corrected chi connectivity index (χ2v) is 3.08. The van der Waals surface area contributed by atoms with Gasteiger partial charge in [0.15, 0.2) is 6.29 Å². The van der Waals surface area contributed by atoms with Gasteiger partial charge in [0, 0.05) is 26.2 Å². The van der Waals surface area contributed by atoms with Gasteiger partial charge in [-0.15, -0.1) is 0 Å². The predicted molar refractivity (Wildman–Crippen MR) is 52.6 cm³/mol. The highest BCUT2D eigenvalue weighted by Gasteiger charge is 2.02. The molecule has 0 saturated heterocycles. The highest BCUT2D eigenvalue weighted by Crippen LogP contribution is 2.00. The van der Waals surface area contributed by atoms with Gasteiger partial charge in [-0.2, -0.15) is 0 Å². The molecule has 0 aliphatic heterocycles. The maximum Gasteiger partial charge on any atom is 0.154 e. The van der Waals surface area contributed by atoms with Gasteiger partial charge in [-0.05, 0) is 19.3 Å². The number of aliphatic hydroxyl groups excluding tert-OH is 1. The van der Waals surface area contributed by atoms with E-state index in [1.165, 1.54) is 0 Å². The molecule has 0 aromatic rings. The van der Waals surface area contributed by atoms with Gasteiger partial charge in [0.1, 0.15) is 0 Å². The van der Waals surface area contributed by atoms with Crippen molar-refractivity contribution in [3.63, 3.8) is 0 Å². The van der Waals surface area contributed by atoms with Crippen LogP contribution in [0.25, 0.3) is 0 Å². The number of ether oxygens (including phenoxy) is 2. The van der Waals surface area contributed by atoms with Gasteiger partial charge in [0.2, 0.25) is 0 Å². The topological polar surface area (TPSA) is 38.7 Å². The molecule has 3 nitrogen and oxygen atoms in total. The molecule has 0 radical (unpaired) electrons. The third-order valence-corrected chi connectivity index (χ3v) is 1.60. The number of hydrogen-bond donors (Lipinski definition) is 1. The zero-order valence-electron chi connectivity index (χ0n) is 8.79. The minimum atomic E-state index is -0.606. The van der Waals surface area contributed by atoms with E-state index < -0.39 is 6.29 Å². The van der Waals surface area contributed by atoms with E-state index in [4.69, 9.17) is 9.47 Å². The van der Waals surface area contributed by atoms with Crippen molar-refractivity contribution in [3.05, 3.63) is 0 Å². The summed E-state index contributed by atoms with van der Waals surface area (Å²) in [7, 11) is 0. The predicted octanol–water partition coefficient (Wildman–Crippen LogP) is 1.94. The molecule has 0 fully saturated rings. The van der Waals surface area contributed by atoms with E-state index in [0.717, 1.165) is 32.5 Å². The van der Waals surface area contributed by atoms with Crippen molar-refractivity contribution in [2.45, 2.75) is 45.8 Å². The first-order chi connectivity index (χ1) is 6.31. The van der Waals surface area contributed by atoms with Gasteiger partial charge in [-0.3, -0.25) is 0 Å². The molecular formula is C10H22O3. The Morgan fingerprint density at radius 3 is 2.38 bits per heavy atom. The average Bonchev–Trinajstić information content (AvgIpc) is 2.14. The Labute approximate surface area is 81.0 Å².